The number of benzene rings is 2. The maximum absolute atomic E-state index is 13.9. The highest BCUT2D eigenvalue weighted by atomic mass is 32.2. The van der Waals surface area contributed by atoms with Gasteiger partial charge in [0.2, 0.25) is 5.13 Å². The smallest absolute Gasteiger partial charge is 0.355 e. The van der Waals surface area contributed by atoms with E-state index in [1.54, 1.807) is 25.1 Å². The summed E-state index contributed by atoms with van der Waals surface area (Å²) in [7, 11) is 0. The number of halogens is 3. The Morgan fingerprint density at radius 3 is 2.41 bits per heavy atom. The van der Waals surface area contributed by atoms with E-state index in [0.29, 0.717) is 33.2 Å². The van der Waals surface area contributed by atoms with Gasteiger partial charge in [0, 0.05) is 21.9 Å². The number of thioether (sulfide) groups is 1. The van der Waals surface area contributed by atoms with Crippen molar-refractivity contribution >= 4 is 29.1 Å². The van der Waals surface area contributed by atoms with Crippen LogP contribution in [0.1, 0.15) is 42.0 Å². The number of carbonyl (C=O) groups is 1. The van der Waals surface area contributed by atoms with E-state index >= 15 is 0 Å². The van der Waals surface area contributed by atoms with Gasteiger partial charge in [-0.3, -0.25) is 0 Å². The lowest BCUT2D eigenvalue weighted by molar-refractivity contribution is 0.0687. The molecule has 4 rings (SSSR count). The molecule has 2 aromatic carbocycles. The number of carboxylic acid groups (broad SMARTS) is 1. The lowest BCUT2D eigenvalue weighted by Crippen LogP contribution is -2.09. The number of aryl methyl sites for hydroxylation is 1. The summed E-state index contributed by atoms with van der Waals surface area (Å²) in [6.45, 7) is 5.68. The van der Waals surface area contributed by atoms with Crippen molar-refractivity contribution in [3.8, 4) is 27.5 Å². The largest absolute Gasteiger partial charge is 0.476 e. The lowest BCUT2D eigenvalue weighted by Gasteiger charge is -2.05. The fraction of sp³-hybridized carbons (Fsp3) is 0.208. The van der Waals surface area contributed by atoms with Gasteiger partial charge in [-0.2, -0.15) is 9.78 Å². The highest BCUT2D eigenvalue weighted by Crippen LogP contribution is 2.41. The van der Waals surface area contributed by atoms with Crippen molar-refractivity contribution < 1.29 is 23.1 Å². The van der Waals surface area contributed by atoms with Gasteiger partial charge < -0.3 is 5.11 Å². The highest BCUT2D eigenvalue weighted by Gasteiger charge is 2.27. The first-order valence-electron chi connectivity index (χ1n) is 10.3. The van der Waals surface area contributed by atoms with Crippen LogP contribution >= 0.6 is 23.1 Å². The number of carboxylic acids is 1. The van der Waals surface area contributed by atoms with Gasteiger partial charge in [-0.1, -0.05) is 61.6 Å². The summed E-state index contributed by atoms with van der Waals surface area (Å²) >= 11 is 2.80. The first-order valence-corrected chi connectivity index (χ1v) is 12.0. The molecule has 0 atom stereocenters. The lowest BCUT2D eigenvalue weighted by atomic mass is 10.0. The van der Waals surface area contributed by atoms with Gasteiger partial charge in [0.05, 0.1) is 15.6 Å². The SMILES string of the molecule is Cc1nn(-c2nc(-c3ccc(C(F)F)cc3)c(SC(C)C)s2)c(C(=O)O)c1-c1cccc(F)c1. The molecule has 0 bridgehead atoms. The van der Waals surface area contributed by atoms with Gasteiger partial charge in [0.15, 0.2) is 5.69 Å². The van der Waals surface area contributed by atoms with Crippen LogP contribution in [0, 0.1) is 12.7 Å². The fourth-order valence-corrected chi connectivity index (χ4v) is 5.98. The minimum Gasteiger partial charge on any atom is -0.476 e. The summed E-state index contributed by atoms with van der Waals surface area (Å²) in [4.78, 5) is 16.9. The number of nitrogens with zero attached hydrogens (tertiary/aromatic N) is 3. The van der Waals surface area contributed by atoms with Gasteiger partial charge in [0.1, 0.15) is 5.82 Å². The van der Waals surface area contributed by atoms with Crippen molar-refractivity contribution in [2.24, 2.45) is 0 Å². The van der Waals surface area contributed by atoms with E-state index in [2.05, 4.69) is 10.1 Å². The molecule has 2 aromatic heterocycles. The topological polar surface area (TPSA) is 68.0 Å². The second-order valence-corrected chi connectivity index (χ2v) is 10.6. The van der Waals surface area contributed by atoms with E-state index in [1.165, 1.54) is 58.1 Å². The Labute approximate surface area is 202 Å². The number of hydrogen-bond acceptors (Lipinski definition) is 5. The van der Waals surface area contributed by atoms with Crippen LogP contribution in [0.4, 0.5) is 13.2 Å². The molecule has 0 saturated heterocycles. The van der Waals surface area contributed by atoms with Crippen LogP contribution in [0.15, 0.2) is 52.7 Å². The van der Waals surface area contributed by atoms with Crippen molar-refractivity contribution in [1.82, 2.24) is 14.8 Å². The zero-order valence-electron chi connectivity index (χ0n) is 18.4. The fourth-order valence-electron chi connectivity index (χ4n) is 3.50. The molecule has 0 fully saturated rings. The zero-order valence-corrected chi connectivity index (χ0v) is 20.1. The van der Waals surface area contributed by atoms with Crippen molar-refractivity contribution in [1.29, 1.82) is 0 Å². The molecule has 0 unspecified atom stereocenters. The van der Waals surface area contributed by atoms with Crippen molar-refractivity contribution in [2.75, 3.05) is 0 Å². The predicted molar refractivity (Wildman–Crippen MR) is 128 cm³/mol. The summed E-state index contributed by atoms with van der Waals surface area (Å²) in [5, 5.41) is 15.0. The van der Waals surface area contributed by atoms with E-state index in [9.17, 15) is 23.1 Å². The second kappa shape index (κ2) is 9.63. The van der Waals surface area contributed by atoms with Crippen LogP contribution in [0.25, 0.3) is 27.5 Å². The van der Waals surface area contributed by atoms with E-state index in [1.807, 2.05) is 13.8 Å². The Kier molecular flexibility index (Phi) is 6.81. The summed E-state index contributed by atoms with van der Waals surface area (Å²) in [6.07, 6.45) is -2.57. The molecule has 1 N–H and O–H groups in total. The quantitative estimate of drug-likeness (QED) is 0.269. The predicted octanol–water partition coefficient (Wildman–Crippen LogP) is 7.25. The van der Waals surface area contributed by atoms with Crippen molar-refractivity contribution in [3.05, 3.63) is 71.3 Å². The van der Waals surface area contributed by atoms with Crippen molar-refractivity contribution in [3.63, 3.8) is 0 Å². The van der Waals surface area contributed by atoms with Crippen LogP contribution in [-0.2, 0) is 0 Å². The first-order chi connectivity index (χ1) is 16.2. The maximum Gasteiger partial charge on any atom is 0.355 e. The summed E-state index contributed by atoms with van der Waals surface area (Å²) in [5.41, 5.74) is 2.11. The molecule has 0 aliphatic carbocycles. The number of rotatable bonds is 7. The van der Waals surface area contributed by atoms with E-state index < -0.39 is 18.2 Å². The van der Waals surface area contributed by atoms with Gasteiger partial charge in [-0.25, -0.2) is 22.9 Å². The van der Waals surface area contributed by atoms with Gasteiger partial charge >= 0.3 is 5.97 Å². The number of aromatic nitrogens is 3. The Morgan fingerprint density at radius 2 is 1.82 bits per heavy atom. The molecule has 0 spiro atoms. The zero-order chi connectivity index (χ0) is 24.6. The molecule has 0 amide bonds. The van der Waals surface area contributed by atoms with Crippen LogP contribution in [-0.4, -0.2) is 31.1 Å². The van der Waals surface area contributed by atoms with E-state index in [4.69, 9.17) is 0 Å². The molecule has 176 valence electrons. The number of alkyl halides is 2. The third kappa shape index (κ3) is 4.74. The summed E-state index contributed by atoms with van der Waals surface area (Å²) in [5.74, 6) is -1.71. The van der Waals surface area contributed by atoms with Crippen LogP contribution in [0.2, 0.25) is 0 Å². The number of thiazole rings is 1. The molecule has 2 heterocycles. The molecule has 0 saturated carbocycles. The molecular weight excluding hydrogens is 483 g/mol. The third-order valence-corrected chi connectivity index (χ3v) is 7.16. The average Bonchev–Trinajstić information content (AvgIpc) is 3.34. The highest BCUT2D eigenvalue weighted by molar-refractivity contribution is 8.01. The number of aromatic carboxylic acids is 1. The molecule has 5 nitrogen and oxygen atoms in total. The van der Waals surface area contributed by atoms with E-state index in [-0.39, 0.29) is 16.5 Å². The minimum absolute atomic E-state index is 0.0899. The molecule has 4 aromatic rings. The summed E-state index contributed by atoms with van der Waals surface area (Å²) < 4.78 is 41.9. The van der Waals surface area contributed by atoms with Crippen LogP contribution in [0.5, 0.6) is 0 Å². The monoisotopic (exact) mass is 503 g/mol. The van der Waals surface area contributed by atoms with Crippen LogP contribution in [0.3, 0.4) is 0 Å². The van der Waals surface area contributed by atoms with Crippen molar-refractivity contribution in [2.45, 2.75) is 36.7 Å². The second-order valence-electron chi connectivity index (χ2n) is 7.76. The Bertz CT molecular complexity index is 1350. The minimum atomic E-state index is -2.57. The third-order valence-electron chi connectivity index (χ3n) is 4.92. The Hall–Kier alpha value is -3.11. The molecule has 0 aliphatic rings. The molecular formula is C24H20F3N3O2S2. The molecule has 0 aliphatic heterocycles. The molecule has 34 heavy (non-hydrogen) atoms. The van der Waals surface area contributed by atoms with Gasteiger partial charge in [-0.05, 0) is 24.6 Å². The normalized spacial score (nSPS) is 11.5. The Morgan fingerprint density at radius 1 is 1.12 bits per heavy atom. The van der Waals surface area contributed by atoms with E-state index in [0.717, 1.165) is 4.21 Å². The molecule has 0 radical (unpaired) electrons. The number of hydrogen-bond donors (Lipinski definition) is 1. The van der Waals surface area contributed by atoms with Gasteiger partial charge in [0.25, 0.3) is 6.43 Å². The maximum atomic E-state index is 13.9. The Balaban J connectivity index is 1.88. The molecule has 10 heteroatoms. The standard InChI is InChI=1S/C24H20F3N3O2S2/c1-12(2)33-23-19(14-7-9-15(10-8-14)21(26)27)28-24(34-23)30-20(22(31)32)18(13(3)29-30)16-5-4-6-17(25)11-16/h4-12,21H,1-3H3,(H,31,32). The van der Waals surface area contributed by atoms with Crippen LogP contribution < -0.4 is 0 Å². The average molecular weight is 504 g/mol. The van der Waals surface area contributed by atoms with Gasteiger partial charge in [-0.15, -0.1) is 11.8 Å². The first kappa shape index (κ1) is 24.0. The summed E-state index contributed by atoms with van der Waals surface area (Å²) in [6, 6.07) is 11.5.